The monoisotopic (exact) mass is 429 g/mol. The van der Waals surface area contributed by atoms with Gasteiger partial charge in [0.15, 0.2) is 6.10 Å². The smallest absolute Gasteiger partial charge is 0.339 e. The van der Waals surface area contributed by atoms with E-state index in [4.69, 9.17) is 9.47 Å². The number of aromatic amines is 1. The molecule has 0 aliphatic rings. The minimum Gasteiger partial charge on any atom is -0.495 e. The first-order valence-corrected chi connectivity index (χ1v) is 10.3. The molecule has 7 heteroatoms. The van der Waals surface area contributed by atoms with Gasteiger partial charge in [0, 0.05) is 5.56 Å². The van der Waals surface area contributed by atoms with Gasteiger partial charge in [0.1, 0.15) is 11.6 Å². The second kappa shape index (κ2) is 9.34. The van der Waals surface area contributed by atoms with Crippen molar-refractivity contribution >= 4 is 28.6 Å². The predicted octanol–water partition coefficient (Wildman–Crippen LogP) is 4.81. The Labute approximate surface area is 185 Å². The number of hydrogen-bond donors (Lipinski definition) is 2. The highest BCUT2D eigenvalue weighted by atomic mass is 16.5. The summed E-state index contributed by atoms with van der Waals surface area (Å²) >= 11 is 0. The van der Waals surface area contributed by atoms with Crippen LogP contribution in [0.25, 0.3) is 22.4 Å². The number of fused-ring (bicyclic) bond motifs is 1. The summed E-state index contributed by atoms with van der Waals surface area (Å²) < 4.78 is 10.9. The molecule has 3 aromatic carbocycles. The number of aromatic nitrogens is 2. The van der Waals surface area contributed by atoms with E-state index in [1.807, 2.05) is 30.3 Å². The van der Waals surface area contributed by atoms with E-state index in [2.05, 4.69) is 15.3 Å². The normalized spacial score (nSPS) is 11.7. The Hall–Kier alpha value is -4.13. The molecule has 0 radical (unpaired) electrons. The molecule has 0 aliphatic carbocycles. The van der Waals surface area contributed by atoms with Crippen molar-refractivity contribution in [1.82, 2.24) is 9.97 Å². The first-order chi connectivity index (χ1) is 15.6. The average molecular weight is 429 g/mol. The van der Waals surface area contributed by atoms with Crippen LogP contribution in [0, 0.1) is 0 Å². The van der Waals surface area contributed by atoms with Crippen LogP contribution in [-0.2, 0) is 9.53 Å². The Morgan fingerprint density at radius 2 is 1.72 bits per heavy atom. The molecule has 1 aromatic heterocycles. The molecule has 0 saturated heterocycles. The van der Waals surface area contributed by atoms with Crippen molar-refractivity contribution < 1.29 is 19.1 Å². The van der Waals surface area contributed by atoms with E-state index in [-0.39, 0.29) is 0 Å². The van der Waals surface area contributed by atoms with Crippen LogP contribution < -0.4 is 10.1 Å². The quantitative estimate of drug-likeness (QED) is 0.411. The number of benzene rings is 3. The zero-order valence-electron chi connectivity index (χ0n) is 17.8. The standard InChI is InChI=1S/C25H23N3O4/c1-3-21(24(29)28-20-14-8-9-15-22(20)31-2)32-25(30)17-11-5-4-10-16(17)23-26-18-12-6-7-13-19(18)27-23/h4-15,21H,3H2,1-2H3,(H,26,27)(H,28,29). The van der Waals surface area contributed by atoms with Crippen LogP contribution in [0.5, 0.6) is 5.75 Å². The van der Waals surface area contributed by atoms with Gasteiger partial charge in [-0.2, -0.15) is 0 Å². The van der Waals surface area contributed by atoms with E-state index in [1.165, 1.54) is 7.11 Å². The Morgan fingerprint density at radius 3 is 2.50 bits per heavy atom. The third-order valence-electron chi connectivity index (χ3n) is 5.07. The van der Waals surface area contributed by atoms with Crippen LogP contribution in [0.1, 0.15) is 23.7 Å². The molecule has 0 aliphatic heterocycles. The number of methoxy groups -OCH3 is 1. The van der Waals surface area contributed by atoms with Crippen molar-refractivity contribution in [3.63, 3.8) is 0 Å². The van der Waals surface area contributed by atoms with E-state index < -0.39 is 18.0 Å². The largest absolute Gasteiger partial charge is 0.495 e. The number of esters is 1. The summed E-state index contributed by atoms with van der Waals surface area (Å²) in [4.78, 5) is 33.6. The molecule has 1 amide bonds. The zero-order chi connectivity index (χ0) is 22.5. The fourth-order valence-corrected chi connectivity index (χ4v) is 3.42. The van der Waals surface area contributed by atoms with Crippen molar-refractivity contribution in [2.45, 2.75) is 19.4 Å². The Morgan fingerprint density at radius 1 is 1.00 bits per heavy atom. The number of nitrogens with zero attached hydrogens (tertiary/aromatic N) is 1. The van der Waals surface area contributed by atoms with Gasteiger partial charge >= 0.3 is 5.97 Å². The van der Waals surface area contributed by atoms with Gasteiger partial charge < -0.3 is 19.8 Å². The van der Waals surface area contributed by atoms with Crippen molar-refractivity contribution in [2.24, 2.45) is 0 Å². The highest BCUT2D eigenvalue weighted by Crippen LogP contribution is 2.26. The SMILES string of the molecule is CCC(OC(=O)c1ccccc1-c1nc2ccccc2[nH]1)C(=O)Nc1ccccc1OC. The van der Waals surface area contributed by atoms with Crippen LogP contribution in [-0.4, -0.2) is 35.1 Å². The molecular weight excluding hydrogens is 406 g/mol. The first kappa shape index (κ1) is 21.1. The van der Waals surface area contributed by atoms with Gasteiger partial charge in [-0.15, -0.1) is 0 Å². The fourth-order valence-electron chi connectivity index (χ4n) is 3.42. The number of rotatable bonds is 7. The van der Waals surface area contributed by atoms with Gasteiger partial charge in [0.2, 0.25) is 0 Å². The number of amides is 1. The number of H-pyrrole nitrogens is 1. The predicted molar refractivity (Wildman–Crippen MR) is 123 cm³/mol. The van der Waals surface area contributed by atoms with Gasteiger partial charge in [0.05, 0.1) is 29.4 Å². The number of nitrogens with one attached hydrogen (secondary N) is 2. The molecule has 1 atom stereocenters. The molecule has 0 saturated carbocycles. The molecule has 0 fully saturated rings. The minimum atomic E-state index is -0.962. The van der Waals surface area contributed by atoms with Gasteiger partial charge in [0.25, 0.3) is 5.91 Å². The second-order valence-corrected chi connectivity index (χ2v) is 7.14. The van der Waals surface area contributed by atoms with E-state index in [0.717, 1.165) is 11.0 Å². The number of hydrogen-bond acceptors (Lipinski definition) is 5. The third kappa shape index (κ3) is 4.32. The summed E-state index contributed by atoms with van der Waals surface area (Å²) in [6, 6.07) is 21.7. The molecule has 162 valence electrons. The van der Waals surface area contributed by atoms with Gasteiger partial charge in [-0.1, -0.05) is 49.4 Å². The van der Waals surface area contributed by atoms with E-state index in [9.17, 15) is 9.59 Å². The van der Waals surface area contributed by atoms with Gasteiger partial charge in [-0.05, 0) is 36.8 Å². The molecule has 2 N–H and O–H groups in total. The number of ether oxygens (including phenoxy) is 2. The molecule has 4 aromatic rings. The van der Waals surface area contributed by atoms with Crippen LogP contribution >= 0.6 is 0 Å². The minimum absolute atomic E-state index is 0.319. The third-order valence-corrected chi connectivity index (χ3v) is 5.07. The number of anilines is 1. The average Bonchev–Trinajstić information content (AvgIpc) is 3.27. The maximum Gasteiger partial charge on any atom is 0.339 e. The Balaban J connectivity index is 1.56. The summed E-state index contributed by atoms with van der Waals surface area (Å²) in [6.07, 6.45) is -0.643. The van der Waals surface area contributed by atoms with Crippen LogP contribution in [0.2, 0.25) is 0 Å². The number of para-hydroxylation sites is 4. The van der Waals surface area contributed by atoms with Crippen molar-refractivity contribution in [3.8, 4) is 17.1 Å². The lowest BCUT2D eigenvalue weighted by molar-refractivity contribution is -0.124. The summed E-state index contributed by atoms with van der Waals surface area (Å²) in [5.74, 6) is 0.0668. The lowest BCUT2D eigenvalue weighted by Gasteiger charge is -2.18. The number of carbonyl (C=O) groups excluding carboxylic acids is 2. The maximum atomic E-state index is 13.0. The number of carbonyl (C=O) groups is 2. The van der Waals surface area contributed by atoms with Gasteiger partial charge in [-0.3, -0.25) is 4.79 Å². The van der Waals surface area contributed by atoms with Gasteiger partial charge in [-0.25, -0.2) is 9.78 Å². The second-order valence-electron chi connectivity index (χ2n) is 7.14. The van der Waals surface area contributed by atoms with E-state index >= 15 is 0 Å². The van der Waals surface area contributed by atoms with Crippen molar-refractivity contribution in [2.75, 3.05) is 12.4 Å². The molecule has 32 heavy (non-hydrogen) atoms. The highest BCUT2D eigenvalue weighted by molar-refractivity contribution is 6.01. The summed E-state index contributed by atoms with van der Waals surface area (Å²) in [5.41, 5.74) is 3.11. The molecule has 1 heterocycles. The molecule has 0 spiro atoms. The lowest BCUT2D eigenvalue weighted by atomic mass is 10.1. The van der Waals surface area contributed by atoms with Crippen molar-refractivity contribution in [3.05, 3.63) is 78.4 Å². The Kier molecular flexibility index (Phi) is 6.17. The van der Waals surface area contributed by atoms with E-state index in [1.54, 1.807) is 49.4 Å². The lowest BCUT2D eigenvalue weighted by Crippen LogP contribution is -2.32. The molecule has 4 rings (SSSR count). The van der Waals surface area contributed by atoms with Crippen LogP contribution in [0.4, 0.5) is 5.69 Å². The summed E-state index contributed by atoms with van der Waals surface area (Å²) in [5, 5.41) is 2.77. The molecule has 1 unspecified atom stereocenters. The zero-order valence-corrected chi connectivity index (χ0v) is 17.8. The highest BCUT2D eigenvalue weighted by Gasteiger charge is 2.25. The van der Waals surface area contributed by atoms with E-state index in [0.29, 0.717) is 34.8 Å². The maximum absolute atomic E-state index is 13.0. The van der Waals surface area contributed by atoms with Crippen LogP contribution in [0.3, 0.4) is 0 Å². The molecule has 7 nitrogen and oxygen atoms in total. The van der Waals surface area contributed by atoms with Crippen LogP contribution in [0.15, 0.2) is 72.8 Å². The summed E-state index contributed by atoms with van der Waals surface area (Å²) in [7, 11) is 1.53. The topological polar surface area (TPSA) is 93.3 Å². The Bertz CT molecular complexity index is 1230. The fraction of sp³-hybridized carbons (Fsp3) is 0.160. The van der Waals surface area contributed by atoms with Crippen molar-refractivity contribution in [1.29, 1.82) is 0 Å². The molecular formula is C25H23N3O4. The number of imidazole rings is 1. The first-order valence-electron chi connectivity index (χ1n) is 10.3. The molecule has 0 bridgehead atoms. The summed E-state index contributed by atoms with van der Waals surface area (Å²) in [6.45, 7) is 1.78.